The molecule has 0 fully saturated rings. The highest BCUT2D eigenvalue weighted by Gasteiger charge is 1.97. The van der Waals surface area contributed by atoms with E-state index < -0.39 is 0 Å². The number of alkyl halides is 1. The first-order valence-electron chi connectivity index (χ1n) is 3.76. The molecule has 0 bridgehead atoms. The highest BCUT2D eigenvalue weighted by atomic mass is 19.1. The molecule has 0 aliphatic carbocycles. The second kappa shape index (κ2) is 6.96. The number of halogens is 1. The third kappa shape index (κ3) is 5.98. The Labute approximate surface area is 61.4 Å². The number of hydrogen-bond donors (Lipinski definition) is 2. The van der Waals surface area contributed by atoms with Crippen molar-refractivity contribution in [1.82, 2.24) is 5.32 Å². The van der Waals surface area contributed by atoms with Crippen LogP contribution in [0.3, 0.4) is 0 Å². The molecule has 62 valence electrons. The monoisotopic (exact) mass is 149 g/mol. The Kier molecular flexibility index (Phi) is 6.86. The summed E-state index contributed by atoms with van der Waals surface area (Å²) in [6, 6.07) is 0. The molecule has 0 radical (unpaired) electrons. The van der Waals surface area contributed by atoms with Gasteiger partial charge in [-0.1, -0.05) is 6.92 Å². The van der Waals surface area contributed by atoms with Gasteiger partial charge < -0.3 is 10.4 Å². The quantitative estimate of drug-likeness (QED) is 0.545. The van der Waals surface area contributed by atoms with E-state index in [-0.39, 0.29) is 12.8 Å². The van der Waals surface area contributed by atoms with E-state index in [2.05, 4.69) is 5.32 Å². The molecule has 0 aromatic rings. The first-order chi connectivity index (χ1) is 4.81. The van der Waals surface area contributed by atoms with Gasteiger partial charge in [0.25, 0.3) is 0 Å². The molecule has 3 heteroatoms. The molecule has 0 saturated carbocycles. The third-order valence-corrected chi connectivity index (χ3v) is 1.34. The molecule has 0 amide bonds. The SMILES string of the molecule is CC[C@H](O)CNCCCF. The fourth-order valence-corrected chi connectivity index (χ4v) is 0.605. The molecule has 10 heavy (non-hydrogen) atoms. The smallest absolute Gasteiger partial charge is 0.0906 e. The zero-order chi connectivity index (χ0) is 7.82. The van der Waals surface area contributed by atoms with Crippen molar-refractivity contribution in [2.24, 2.45) is 0 Å². The van der Waals surface area contributed by atoms with Crippen molar-refractivity contribution in [1.29, 1.82) is 0 Å². The Balaban J connectivity index is 2.89. The predicted octanol–water partition coefficient (Wildman–Crippen LogP) is 0.706. The summed E-state index contributed by atoms with van der Waals surface area (Å²) in [4.78, 5) is 0. The molecular formula is C7H16FNO. The van der Waals surface area contributed by atoms with E-state index in [0.29, 0.717) is 19.5 Å². The fourth-order valence-electron chi connectivity index (χ4n) is 0.605. The Morgan fingerprint density at radius 2 is 2.30 bits per heavy atom. The zero-order valence-electron chi connectivity index (χ0n) is 6.44. The first-order valence-corrected chi connectivity index (χ1v) is 3.76. The lowest BCUT2D eigenvalue weighted by molar-refractivity contribution is 0.167. The Morgan fingerprint density at radius 3 is 2.80 bits per heavy atom. The summed E-state index contributed by atoms with van der Waals surface area (Å²) in [6.07, 6.45) is 1.01. The number of nitrogens with one attached hydrogen (secondary N) is 1. The maximum atomic E-state index is 11.5. The number of hydrogen-bond acceptors (Lipinski definition) is 2. The van der Waals surface area contributed by atoms with E-state index in [1.165, 1.54) is 0 Å². The molecular weight excluding hydrogens is 133 g/mol. The zero-order valence-corrected chi connectivity index (χ0v) is 6.44. The maximum absolute atomic E-state index is 11.5. The van der Waals surface area contributed by atoms with Gasteiger partial charge in [0.15, 0.2) is 0 Å². The summed E-state index contributed by atoms with van der Waals surface area (Å²) in [6.45, 7) is 2.88. The van der Waals surface area contributed by atoms with Crippen LogP contribution in [0.2, 0.25) is 0 Å². The van der Waals surface area contributed by atoms with E-state index in [0.717, 1.165) is 6.42 Å². The lowest BCUT2D eigenvalue weighted by atomic mass is 10.3. The third-order valence-electron chi connectivity index (χ3n) is 1.34. The largest absolute Gasteiger partial charge is 0.392 e. The van der Waals surface area contributed by atoms with Gasteiger partial charge in [-0.15, -0.1) is 0 Å². The molecule has 0 unspecified atom stereocenters. The van der Waals surface area contributed by atoms with Crippen LogP contribution >= 0.6 is 0 Å². The fraction of sp³-hybridized carbons (Fsp3) is 1.00. The van der Waals surface area contributed by atoms with E-state index in [1.54, 1.807) is 0 Å². The van der Waals surface area contributed by atoms with Crippen LogP contribution in [-0.2, 0) is 0 Å². The van der Waals surface area contributed by atoms with Crippen LogP contribution in [0.15, 0.2) is 0 Å². The van der Waals surface area contributed by atoms with Crippen molar-refractivity contribution < 1.29 is 9.50 Å². The minimum absolute atomic E-state index is 0.278. The van der Waals surface area contributed by atoms with Gasteiger partial charge in [-0.3, -0.25) is 4.39 Å². The molecule has 0 aliphatic heterocycles. The minimum atomic E-state index is -0.283. The number of aliphatic hydroxyl groups is 1. The molecule has 0 aromatic carbocycles. The second-order valence-corrected chi connectivity index (χ2v) is 2.31. The van der Waals surface area contributed by atoms with Gasteiger partial charge >= 0.3 is 0 Å². The highest BCUT2D eigenvalue weighted by molar-refractivity contribution is 4.55. The second-order valence-electron chi connectivity index (χ2n) is 2.31. The summed E-state index contributed by atoms with van der Waals surface area (Å²) in [7, 11) is 0. The van der Waals surface area contributed by atoms with Crippen molar-refractivity contribution in [2.75, 3.05) is 19.8 Å². The Bertz CT molecular complexity index is 70.6. The highest BCUT2D eigenvalue weighted by Crippen LogP contribution is 1.86. The first kappa shape index (κ1) is 9.85. The van der Waals surface area contributed by atoms with Gasteiger partial charge in [0.1, 0.15) is 0 Å². The van der Waals surface area contributed by atoms with Crippen molar-refractivity contribution in [3.63, 3.8) is 0 Å². The molecule has 0 spiro atoms. The molecule has 1 atom stereocenters. The maximum Gasteiger partial charge on any atom is 0.0906 e. The summed E-state index contributed by atoms with van der Waals surface area (Å²) in [5, 5.41) is 11.9. The average molecular weight is 149 g/mol. The minimum Gasteiger partial charge on any atom is -0.392 e. The van der Waals surface area contributed by atoms with Gasteiger partial charge in [-0.25, -0.2) is 0 Å². The Morgan fingerprint density at radius 1 is 1.60 bits per heavy atom. The number of rotatable bonds is 6. The van der Waals surface area contributed by atoms with Gasteiger partial charge in [0.05, 0.1) is 12.8 Å². The van der Waals surface area contributed by atoms with Crippen LogP contribution in [-0.4, -0.2) is 31.0 Å². The van der Waals surface area contributed by atoms with Crippen LogP contribution in [0.25, 0.3) is 0 Å². The van der Waals surface area contributed by atoms with Gasteiger partial charge in [0, 0.05) is 6.54 Å². The van der Waals surface area contributed by atoms with E-state index in [4.69, 9.17) is 5.11 Å². The molecule has 0 rings (SSSR count). The molecule has 0 aliphatic rings. The summed E-state index contributed by atoms with van der Waals surface area (Å²) < 4.78 is 11.5. The van der Waals surface area contributed by atoms with Crippen molar-refractivity contribution in [3.05, 3.63) is 0 Å². The van der Waals surface area contributed by atoms with E-state index in [1.807, 2.05) is 6.92 Å². The lowest BCUT2D eigenvalue weighted by Gasteiger charge is -2.07. The van der Waals surface area contributed by atoms with E-state index >= 15 is 0 Å². The van der Waals surface area contributed by atoms with Crippen molar-refractivity contribution in [2.45, 2.75) is 25.9 Å². The molecule has 0 heterocycles. The van der Waals surface area contributed by atoms with Crippen molar-refractivity contribution in [3.8, 4) is 0 Å². The van der Waals surface area contributed by atoms with Crippen LogP contribution in [0.1, 0.15) is 19.8 Å². The number of aliphatic hydroxyl groups excluding tert-OH is 1. The standard InChI is InChI=1S/C7H16FNO/c1-2-7(10)6-9-5-3-4-8/h7,9-10H,2-6H2,1H3/t7-/m0/s1. The normalized spacial score (nSPS) is 13.5. The van der Waals surface area contributed by atoms with Gasteiger partial charge in [-0.2, -0.15) is 0 Å². The summed E-state index contributed by atoms with van der Waals surface area (Å²) in [5.74, 6) is 0. The Hall–Kier alpha value is -0.150. The summed E-state index contributed by atoms with van der Waals surface area (Å²) in [5.41, 5.74) is 0. The summed E-state index contributed by atoms with van der Waals surface area (Å²) >= 11 is 0. The lowest BCUT2D eigenvalue weighted by Crippen LogP contribution is -2.27. The van der Waals surface area contributed by atoms with Gasteiger partial charge in [0.2, 0.25) is 0 Å². The topological polar surface area (TPSA) is 32.3 Å². The van der Waals surface area contributed by atoms with Crippen LogP contribution in [0.4, 0.5) is 4.39 Å². The molecule has 2 nitrogen and oxygen atoms in total. The average Bonchev–Trinajstić information content (AvgIpc) is 1.98. The van der Waals surface area contributed by atoms with Crippen molar-refractivity contribution >= 4 is 0 Å². The van der Waals surface area contributed by atoms with E-state index in [9.17, 15) is 4.39 Å². The van der Waals surface area contributed by atoms with Crippen LogP contribution in [0.5, 0.6) is 0 Å². The molecule has 0 saturated heterocycles. The van der Waals surface area contributed by atoms with Crippen LogP contribution < -0.4 is 5.32 Å². The predicted molar refractivity (Wildman–Crippen MR) is 39.8 cm³/mol. The molecule has 2 N–H and O–H groups in total. The molecule has 0 aromatic heterocycles. The van der Waals surface area contributed by atoms with Crippen LogP contribution in [0, 0.1) is 0 Å². The van der Waals surface area contributed by atoms with Gasteiger partial charge in [-0.05, 0) is 19.4 Å².